The van der Waals surface area contributed by atoms with Crippen LogP contribution < -0.4 is 0 Å². The van der Waals surface area contributed by atoms with Crippen LogP contribution in [0.4, 0.5) is 0 Å². The van der Waals surface area contributed by atoms with Gasteiger partial charge in [-0.15, -0.1) is 0 Å². The Kier molecular flexibility index (Phi) is 8.42. The lowest BCUT2D eigenvalue weighted by molar-refractivity contribution is 1.08. The van der Waals surface area contributed by atoms with E-state index < -0.39 is 0 Å². The molecule has 0 spiro atoms. The Morgan fingerprint density at radius 2 is 0.613 bits per heavy atom. The molecule has 0 aliphatic rings. The summed E-state index contributed by atoms with van der Waals surface area (Å²) in [5.74, 6) is 1.83. The summed E-state index contributed by atoms with van der Waals surface area (Å²) >= 11 is 0. The highest BCUT2D eigenvalue weighted by atomic mass is 15.0. The Bertz CT molecular complexity index is 3380. The second kappa shape index (κ2) is 14.7. The third-order valence-electron chi connectivity index (χ3n) is 11.9. The number of hydrogen-bond acceptors (Lipinski definition) is 3. The fraction of sp³-hybridized carbons (Fsp3) is 0. The summed E-state index contributed by atoms with van der Waals surface area (Å²) in [6, 6.07) is 79.1. The molecule has 290 valence electrons. The smallest absolute Gasteiger partial charge is 0.164 e. The number of fused-ring (bicyclic) bond motifs is 6. The molecule has 9 aromatic carbocycles. The van der Waals surface area contributed by atoms with Crippen LogP contribution in [0.1, 0.15) is 0 Å². The zero-order chi connectivity index (χ0) is 41.0. The molecule has 0 saturated heterocycles. The zero-order valence-corrected chi connectivity index (χ0v) is 33.6. The summed E-state index contributed by atoms with van der Waals surface area (Å²) in [5, 5.41) is 4.46. The van der Waals surface area contributed by atoms with Gasteiger partial charge in [-0.1, -0.05) is 158 Å². The molecule has 5 heteroatoms. The second-order valence-electron chi connectivity index (χ2n) is 15.6. The first-order valence-corrected chi connectivity index (χ1v) is 21.0. The lowest BCUT2D eigenvalue weighted by atomic mass is 9.95. The summed E-state index contributed by atoms with van der Waals surface area (Å²) in [7, 11) is 0. The van der Waals surface area contributed by atoms with Gasteiger partial charge in [0.2, 0.25) is 0 Å². The van der Waals surface area contributed by atoms with E-state index in [1.54, 1.807) is 0 Å². The third-order valence-corrected chi connectivity index (χ3v) is 11.9. The minimum absolute atomic E-state index is 0.604. The van der Waals surface area contributed by atoms with E-state index in [-0.39, 0.29) is 0 Å². The molecular weight excluding hydrogens is 755 g/mol. The van der Waals surface area contributed by atoms with Crippen molar-refractivity contribution in [2.24, 2.45) is 0 Å². The predicted molar refractivity (Wildman–Crippen MR) is 256 cm³/mol. The standard InChI is InChI=1S/C57H37N5/c1-5-19-38(20-6-1)40-35-41(39-21-7-2-8-22-39)37-42(36-40)55-58-56(47-29-17-33-51-53(47)45-27-13-15-31-49(45)61(51)43-23-9-3-10-24-43)60-57(59-55)48-30-18-34-52-54(48)46-28-14-16-32-50(46)62(52)44-25-11-4-12-26-44/h1-37H. The maximum atomic E-state index is 5.50. The van der Waals surface area contributed by atoms with Crippen LogP contribution >= 0.6 is 0 Å². The minimum Gasteiger partial charge on any atom is -0.309 e. The van der Waals surface area contributed by atoms with Crippen molar-refractivity contribution >= 4 is 43.6 Å². The number of nitrogens with zero attached hydrogens (tertiary/aromatic N) is 5. The van der Waals surface area contributed by atoms with E-state index in [0.29, 0.717) is 17.5 Å². The van der Waals surface area contributed by atoms with Crippen LogP contribution in [0, 0.1) is 0 Å². The van der Waals surface area contributed by atoms with E-state index in [1.807, 2.05) is 0 Å². The average Bonchev–Trinajstić information content (AvgIpc) is 3.88. The van der Waals surface area contributed by atoms with Crippen molar-refractivity contribution in [3.63, 3.8) is 0 Å². The van der Waals surface area contributed by atoms with Crippen molar-refractivity contribution in [3.8, 4) is 67.8 Å². The third kappa shape index (κ3) is 5.90. The van der Waals surface area contributed by atoms with Gasteiger partial charge in [-0.25, -0.2) is 15.0 Å². The molecule has 62 heavy (non-hydrogen) atoms. The monoisotopic (exact) mass is 791 g/mol. The number of para-hydroxylation sites is 4. The molecule has 12 aromatic rings. The maximum Gasteiger partial charge on any atom is 0.164 e. The van der Waals surface area contributed by atoms with Gasteiger partial charge >= 0.3 is 0 Å². The summed E-state index contributed by atoms with van der Waals surface area (Å²) < 4.78 is 4.68. The van der Waals surface area contributed by atoms with E-state index >= 15 is 0 Å². The van der Waals surface area contributed by atoms with Crippen molar-refractivity contribution < 1.29 is 0 Å². The fourth-order valence-electron chi connectivity index (χ4n) is 9.22. The summed E-state index contributed by atoms with van der Waals surface area (Å²) in [6.07, 6.45) is 0. The molecule has 0 radical (unpaired) electrons. The highest BCUT2D eigenvalue weighted by Gasteiger charge is 2.23. The average molecular weight is 792 g/mol. The molecule has 3 heterocycles. The van der Waals surface area contributed by atoms with E-state index in [2.05, 4.69) is 234 Å². The molecule has 0 bridgehead atoms. The summed E-state index contributed by atoms with van der Waals surface area (Å²) in [4.78, 5) is 16.4. The van der Waals surface area contributed by atoms with Gasteiger partial charge in [0.25, 0.3) is 0 Å². The molecule has 0 unspecified atom stereocenters. The first-order chi connectivity index (χ1) is 30.8. The number of hydrogen-bond donors (Lipinski definition) is 0. The Morgan fingerprint density at radius 1 is 0.258 bits per heavy atom. The van der Waals surface area contributed by atoms with E-state index in [0.717, 1.165) is 93.9 Å². The number of benzene rings is 9. The zero-order valence-electron chi connectivity index (χ0n) is 33.6. The molecule has 3 aromatic heterocycles. The predicted octanol–water partition coefficient (Wildman–Crippen LogP) is 14.4. The van der Waals surface area contributed by atoms with Gasteiger partial charge in [0.1, 0.15) is 0 Å². The SMILES string of the molecule is c1ccc(-c2cc(-c3ccccc3)cc(-c3nc(-c4cccc5c4c4ccccc4n5-c4ccccc4)nc(-c4cccc5c4c4ccccc4n5-c4ccccc4)n3)c2)cc1. The van der Waals surface area contributed by atoms with Gasteiger partial charge in [0, 0.05) is 49.6 Å². The molecule has 0 saturated carbocycles. The van der Waals surface area contributed by atoms with Crippen LogP contribution in [0.15, 0.2) is 224 Å². The summed E-state index contributed by atoms with van der Waals surface area (Å²) in [6.45, 7) is 0. The highest BCUT2D eigenvalue weighted by molar-refractivity contribution is 6.17. The van der Waals surface area contributed by atoms with Crippen LogP contribution in [-0.2, 0) is 0 Å². The molecule has 0 fully saturated rings. The molecule has 0 amide bonds. The second-order valence-corrected chi connectivity index (χ2v) is 15.6. The van der Waals surface area contributed by atoms with Crippen LogP contribution in [0.25, 0.3) is 111 Å². The van der Waals surface area contributed by atoms with Gasteiger partial charge in [-0.05, 0) is 89.0 Å². The molecule has 12 rings (SSSR count). The first kappa shape index (κ1) is 35.5. The van der Waals surface area contributed by atoms with Gasteiger partial charge in [-0.3, -0.25) is 0 Å². The normalized spacial score (nSPS) is 11.5. The quantitative estimate of drug-likeness (QED) is 0.162. The van der Waals surface area contributed by atoms with Gasteiger partial charge in [-0.2, -0.15) is 0 Å². The van der Waals surface area contributed by atoms with E-state index in [1.165, 1.54) is 0 Å². The summed E-state index contributed by atoms with van der Waals surface area (Å²) in [5.41, 5.74) is 13.8. The Balaban J connectivity index is 1.17. The van der Waals surface area contributed by atoms with Crippen LogP contribution in [0.2, 0.25) is 0 Å². The lowest BCUT2D eigenvalue weighted by Gasteiger charge is -2.13. The Labute approximate surface area is 358 Å². The van der Waals surface area contributed by atoms with Crippen LogP contribution in [0.5, 0.6) is 0 Å². The van der Waals surface area contributed by atoms with Crippen molar-refractivity contribution in [1.82, 2.24) is 24.1 Å². The molecule has 0 atom stereocenters. The first-order valence-electron chi connectivity index (χ1n) is 21.0. The topological polar surface area (TPSA) is 48.5 Å². The molecule has 0 aliphatic heterocycles. The Morgan fingerprint density at radius 3 is 1.06 bits per heavy atom. The molecule has 0 N–H and O–H groups in total. The van der Waals surface area contributed by atoms with Crippen LogP contribution in [-0.4, -0.2) is 24.1 Å². The maximum absolute atomic E-state index is 5.50. The highest BCUT2D eigenvalue weighted by Crippen LogP contribution is 2.42. The van der Waals surface area contributed by atoms with Crippen LogP contribution in [0.3, 0.4) is 0 Å². The van der Waals surface area contributed by atoms with E-state index in [9.17, 15) is 0 Å². The van der Waals surface area contributed by atoms with Crippen molar-refractivity contribution in [2.45, 2.75) is 0 Å². The largest absolute Gasteiger partial charge is 0.309 e. The number of aromatic nitrogens is 5. The fourth-order valence-corrected chi connectivity index (χ4v) is 9.22. The van der Waals surface area contributed by atoms with Crippen molar-refractivity contribution in [1.29, 1.82) is 0 Å². The van der Waals surface area contributed by atoms with Gasteiger partial charge in [0.15, 0.2) is 17.5 Å². The van der Waals surface area contributed by atoms with Gasteiger partial charge < -0.3 is 9.13 Å². The molecule has 0 aliphatic carbocycles. The Hall–Kier alpha value is -8.41. The minimum atomic E-state index is 0.604. The van der Waals surface area contributed by atoms with Crippen molar-refractivity contribution in [3.05, 3.63) is 224 Å². The van der Waals surface area contributed by atoms with Crippen molar-refractivity contribution in [2.75, 3.05) is 0 Å². The lowest BCUT2D eigenvalue weighted by Crippen LogP contribution is -2.01. The number of rotatable bonds is 7. The molecule has 5 nitrogen and oxygen atoms in total. The van der Waals surface area contributed by atoms with E-state index in [4.69, 9.17) is 15.0 Å². The molecular formula is C57H37N5. The van der Waals surface area contributed by atoms with Gasteiger partial charge in [0.05, 0.1) is 22.1 Å².